The molecule has 2 nitrogen and oxygen atoms in total. The highest BCUT2D eigenvalue weighted by Crippen LogP contribution is 2.36. The number of rotatable bonds is 5. The van der Waals surface area contributed by atoms with Gasteiger partial charge in [0, 0.05) is 19.1 Å². The van der Waals surface area contributed by atoms with E-state index in [9.17, 15) is 13.2 Å². The third kappa shape index (κ3) is 5.57. The summed E-state index contributed by atoms with van der Waals surface area (Å²) in [5.74, 6) is 0. The van der Waals surface area contributed by atoms with Crippen LogP contribution in [0.2, 0.25) is 0 Å². The van der Waals surface area contributed by atoms with E-state index >= 15 is 0 Å². The van der Waals surface area contributed by atoms with Crippen LogP contribution in [0, 0.1) is 5.41 Å². The van der Waals surface area contributed by atoms with Crippen molar-refractivity contribution in [3.63, 3.8) is 0 Å². The Morgan fingerprint density at radius 1 is 1.33 bits per heavy atom. The Morgan fingerprint density at radius 3 is 2.56 bits per heavy atom. The van der Waals surface area contributed by atoms with Gasteiger partial charge >= 0.3 is 6.18 Å². The van der Waals surface area contributed by atoms with Gasteiger partial charge in [-0.15, -0.1) is 0 Å². The van der Waals surface area contributed by atoms with E-state index < -0.39 is 12.6 Å². The van der Waals surface area contributed by atoms with E-state index in [1.807, 2.05) is 7.05 Å². The van der Waals surface area contributed by atoms with Crippen LogP contribution in [0.1, 0.15) is 46.0 Å². The lowest BCUT2D eigenvalue weighted by molar-refractivity contribution is -0.140. The summed E-state index contributed by atoms with van der Waals surface area (Å²) in [5, 5.41) is 3.20. The van der Waals surface area contributed by atoms with Crippen LogP contribution in [0.5, 0.6) is 0 Å². The van der Waals surface area contributed by atoms with Gasteiger partial charge in [0.15, 0.2) is 0 Å². The molecule has 18 heavy (non-hydrogen) atoms. The molecule has 0 heterocycles. The lowest BCUT2D eigenvalue weighted by Crippen LogP contribution is -2.46. The zero-order valence-electron chi connectivity index (χ0n) is 11.4. The molecule has 0 bridgehead atoms. The molecule has 2 atom stereocenters. The average molecular weight is 267 g/mol. The highest BCUT2D eigenvalue weighted by Gasteiger charge is 2.35. The minimum atomic E-state index is -4.07. The quantitative estimate of drug-likeness (QED) is 0.770. The van der Waals surface area contributed by atoms with Crippen LogP contribution < -0.4 is 5.32 Å². The van der Waals surface area contributed by atoms with Gasteiger partial charge in [0.05, 0.1) is 6.10 Å². The van der Waals surface area contributed by atoms with Gasteiger partial charge in [-0.1, -0.05) is 13.8 Å². The Balaban J connectivity index is 2.33. The molecule has 0 spiro atoms. The van der Waals surface area contributed by atoms with E-state index in [-0.39, 0.29) is 30.6 Å². The van der Waals surface area contributed by atoms with Gasteiger partial charge in [-0.2, -0.15) is 13.2 Å². The van der Waals surface area contributed by atoms with Crippen molar-refractivity contribution < 1.29 is 17.9 Å². The first-order valence-electron chi connectivity index (χ1n) is 6.59. The standard InChI is InChI=1S/C13H24F3NO/c1-12(2)7-5-10(17-3)11(9-12)18-8-4-6-13(14,15)16/h10-11,17H,4-9H2,1-3H3. The highest BCUT2D eigenvalue weighted by molar-refractivity contribution is 4.89. The van der Waals surface area contributed by atoms with E-state index in [0.717, 1.165) is 19.3 Å². The zero-order chi connectivity index (χ0) is 13.8. The van der Waals surface area contributed by atoms with E-state index in [0.29, 0.717) is 0 Å². The predicted molar refractivity (Wildman–Crippen MR) is 65.5 cm³/mol. The fourth-order valence-corrected chi connectivity index (χ4v) is 2.53. The second-order valence-corrected chi connectivity index (χ2v) is 5.93. The van der Waals surface area contributed by atoms with Crippen molar-refractivity contribution in [2.75, 3.05) is 13.7 Å². The molecule has 0 radical (unpaired) electrons. The molecule has 1 rings (SSSR count). The Hall–Kier alpha value is -0.290. The first kappa shape index (κ1) is 15.8. The normalized spacial score (nSPS) is 28.3. The van der Waals surface area contributed by atoms with Gasteiger partial charge in [-0.05, 0) is 38.1 Å². The number of alkyl halides is 3. The van der Waals surface area contributed by atoms with Crippen molar-refractivity contribution in [2.45, 2.75) is 64.3 Å². The number of hydrogen-bond acceptors (Lipinski definition) is 2. The summed E-state index contributed by atoms with van der Waals surface area (Å²) < 4.78 is 41.7. The highest BCUT2D eigenvalue weighted by atomic mass is 19.4. The molecule has 1 aliphatic rings. The summed E-state index contributed by atoms with van der Waals surface area (Å²) in [7, 11) is 1.88. The molecule has 0 aromatic carbocycles. The molecule has 0 aliphatic heterocycles. The molecule has 1 saturated carbocycles. The molecule has 0 amide bonds. The monoisotopic (exact) mass is 267 g/mol. The fourth-order valence-electron chi connectivity index (χ4n) is 2.53. The van der Waals surface area contributed by atoms with Crippen molar-refractivity contribution in [1.29, 1.82) is 0 Å². The SMILES string of the molecule is CNC1CCC(C)(C)CC1OCCCC(F)(F)F. The number of ether oxygens (including phenoxy) is 1. The van der Waals surface area contributed by atoms with E-state index in [1.165, 1.54) is 0 Å². The summed E-state index contributed by atoms with van der Waals surface area (Å²) in [6.45, 7) is 4.56. The van der Waals surface area contributed by atoms with Crippen LogP contribution in [0.4, 0.5) is 13.2 Å². The van der Waals surface area contributed by atoms with Crippen LogP contribution in [-0.2, 0) is 4.74 Å². The predicted octanol–water partition coefficient (Wildman–Crippen LogP) is 3.51. The summed E-state index contributed by atoms with van der Waals surface area (Å²) in [5.41, 5.74) is 0.224. The second kappa shape index (κ2) is 6.24. The molecular formula is C13H24F3NO. The maximum Gasteiger partial charge on any atom is 0.389 e. The summed E-state index contributed by atoms with van der Waals surface area (Å²) in [6, 6.07) is 0.268. The van der Waals surface area contributed by atoms with Crippen molar-refractivity contribution in [3.8, 4) is 0 Å². The molecule has 1 N–H and O–H groups in total. The summed E-state index contributed by atoms with van der Waals surface area (Å²) in [6.07, 6.45) is -1.69. The van der Waals surface area contributed by atoms with Crippen molar-refractivity contribution in [2.24, 2.45) is 5.41 Å². The van der Waals surface area contributed by atoms with E-state index in [1.54, 1.807) is 0 Å². The largest absolute Gasteiger partial charge is 0.389 e. The smallest absolute Gasteiger partial charge is 0.377 e. The molecule has 2 unspecified atom stereocenters. The maximum atomic E-state index is 12.0. The number of nitrogens with one attached hydrogen (secondary N) is 1. The molecule has 0 aromatic heterocycles. The zero-order valence-corrected chi connectivity index (χ0v) is 11.4. The fraction of sp³-hybridized carbons (Fsp3) is 1.00. The first-order valence-corrected chi connectivity index (χ1v) is 6.59. The Bertz CT molecular complexity index is 253. The van der Waals surface area contributed by atoms with Gasteiger partial charge in [0.25, 0.3) is 0 Å². The maximum absolute atomic E-state index is 12.0. The minimum Gasteiger partial charge on any atom is -0.377 e. The molecule has 5 heteroatoms. The number of halogens is 3. The van der Waals surface area contributed by atoms with Crippen LogP contribution in [0.3, 0.4) is 0 Å². The van der Waals surface area contributed by atoms with Crippen LogP contribution in [0.25, 0.3) is 0 Å². The second-order valence-electron chi connectivity index (χ2n) is 5.93. The van der Waals surface area contributed by atoms with Gasteiger partial charge in [0.2, 0.25) is 0 Å². The molecular weight excluding hydrogens is 243 g/mol. The molecule has 0 saturated heterocycles. The van der Waals surface area contributed by atoms with Gasteiger partial charge in [-0.3, -0.25) is 0 Å². The lowest BCUT2D eigenvalue weighted by atomic mass is 9.74. The van der Waals surface area contributed by atoms with Crippen molar-refractivity contribution >= 4 is 0 Å². The number of hydrogen-bond donors (Lipinski definition) is 1. The molecule has 0 aromatic rings. The Morgan fingerprint density at radius 2 is 2.00 bits per heavy atom. The van der Waals surface area contributed by atoms with Crippen LogP contribution in [-0.4, -0.2) is 32.0 Å². The third-order valence-electron chi connectivity index (χ3n) is 3.64. The van der Waals surface area contributed by atoms with Gasteiger partial charge in [0.1, 0.15) is 0 Å². The Kier molecular flexibility index (Phi) is 5.46. The van der Waals surface area contributed by atoms with Crippen LogP contribution >= 0.6 is 0 Å². The van der Waals surface area contributed by atoms with Crippen molar-refractivity contribution in [1.82, 2.24) is 5.32 Å². The van der Waals surface area contributed by atoms with E-state index in [2.05, 4.69) is 19.2 Å². The van der Waals surface area contributed by atoms with Gasteiger partial charge in [-0.25, -0.2) is 0 Å². The first-order chi connectivity index (χ1) is 8.23. The molecule has 108 valence electrons. The van der Waals surface area contributed by atoms with Crippen LogP contribution in [0.15, 0.2) is 0 Å². The number of likely N-dealkylation sites (N-methyl/N-ethyl adjacent to an activating group) is 1. The molecule has 1 fully saturated rings. The van der Waals surface area contributed by atoms with E-state index in [4.69, 9.17) is 4.74 Å². The van der Waals surface area contributed by atoms with Gasteiger partial charge < -0.3 is 10.1 Å². The average Bonchev–Trinajstić information content (AvgIpc) is 2.22. The van der Waals surface area contributed by atoms with Crippen molar-refractivity contribution in [3.05, 3.63) is 0 Å². The minimum absolute atomic E-state index is 0.0342. The third-order valence-corrected chi connectivity index (χ3v) is 3.64. The molecule has 1 aliphatic carbocycles. The topological polar surface area (TPSA) is 21.3 Å². The Labute approximate surface area is 107 Å². The summed E-state index contributed by atoms with van der Waals surface area (Å²) in [4.78, 5) is 0. The lowest BCUT2D eigenvalue weighted by Gasteiger charge is -2.40. The summed E-state index contributed by atoms with van der Waals surface area (Å²) >= 11 is 0.